The van der Waals surface area contributed by atoms with E-state index < -0.39 is 55.7 Å². The highest BCUT2D eigenvalue weighted by Crippen LogP contribution is 2.30. The van der Waals surface area contributed by atoms with E-state index >= 15 is 0 Å². The Morgan fingerprint density at radius 1 is 0.978 bits per heavy atom. The van der Waals surface area contributed by atoms with Crippen LogP contribution in [0.3, 0.4) is 0 Å². The Bertz CT molecular complexity index is 2230. The molecule has 0 atom stereocenters. The zero-order valence-corrected chi connectivity index (χ0v) is 23.7. The minimum Gasteiger partial charge on any atom is -0.433 e. The van der Waals surface area contributed by atoms with Gasteiger partial charge in [-0.05, 0) is 55.0 Å². The van der Waals surface area contributed by atoms with E-state index in [1.807, 2.05) is 4.72 Å². The van der Waals surface area contributed by atoms with Crippen molar-refractivity contribution in [1.82, 2.24) is 24.7 Å². The fourth-order valence-electron chi connectivity index (χ4n) is 4.44. The van der Waals surface area contributed by atoms with Crippen LogP contribution in [0.25, 0.3) is 16.6 Å². The molecule has 16 heteroatoms. The number of halogens is 4. The molecule has 0 spiro atoms. The molecule has 0 saturated heterocycles. The summed E-state index contributed by atoms with van der Waals surface area (Å²) in [6.45, 7) is 1.65. The van der Waals surface area contributed by atoms with Crippen molar-refractivity contribution in [3.05, 3.63) is 113 Å². The third-order valence-electron chi connectivity index (χ3n) is 6.63. The Kier molecular flexibility index (Phi) is 7.20. The number of para-hydroxylation sites is 1. The number of fused-ring (bicyclic) bond motifs is 1. The number of ketones is 1. The lowest BCUT2D eigenvalue weighted by atomic mass is 10.1. The second-order valence-electron chi connectivity index (χ2n) is 9.65. The van der Waals surface area contributed by atoms with Gasteiger partial charge in [0.25, 0.3) is 10.0 Å². The smallest absolute Gasteiger partial charge is 0.279 e. The molecule has 4 heterocycles. The number of benzene rings is 2. The highest BCUT2D eigenvalue weighted by molar-refractivity contribution is 7.92. The number of ether oxygens (including phenoxy) is 1. The van der Waals surface area contributed by atoms with Crippen molar-refractivity contribution < 1.29 is 35.5 Å². The summed E-state index contributed by atoms with van der Waals surface area (Å²) in [7, 11) is -4.43. The highest BCUT2D eigenvalue weighted by Gasteiger charge is 2.23. The fraction of sp³-hybridized carbons (Fsp3) is 0.0345. The molecule has 6 rings (SSSR count). The van der Waals surface area contributed by atoms with Gasteiger partial charge < -0.3 is 15.5 Å². The molecule has 45 heavy (non-hydrogen) atoms. The second-order valence-corrected chi connectivity index (χ2v) is 11.3. The van der Waals surface area contributed by atoms with Gasteiger partial charge in [-0.2, -0.15) is 17.9 Å². The van der Waals surface area contributed by atoms with Crippen LogP contribution in [0.1, 0.15) is 21.6 Å². The highest BCUT2D eigenvalue weighted by atomic mass is 32.2. The van der Waals surface area contributed by atoms with Gasteiger partial charge in [0.1, 0.15) is 11.6 Å². The average molecular weight is 638 g/mol. The van der Waals surface area contributed by atoms with E-state index in [4.69, 9.17) is 10.5 Å². The monoisotopic (exact) mass is 637 g/mol. The predicted octanol–water partition coefficient (Wildman–Crippen LogP) is 5.41. The Hall–Kier alpha value is -5.77. The summed E-state index contributed by atoms with van der Waals surface area (Å²) >= 11 is 0. The lowest BCUT2D eigenvalue weighted by Gasteiger charge is -2.11. The zero-order valence-electron chi connectivity index (χ0n) is 22.8. The van der Waals surface area contributed by atoms with Crippen LogP contribution in [0.4, 0.5) is 29.1 Å². The van der Waals surface area contributed by atoms with Crippen LogP contribution in [-0.2, 0) is 10.0 Å². The first-order valence-electron chi connectivity index (χ1n) is 12.9. The van der Waals surface area contributed by atoms with Gasteiger partial charge in [0.05, 0.1) is 35.0 Å². The van der Waals surface area contributed by atoms with Crippen molar-refractivity contribution >= 4 is 38.2 Å². The van der Waals surface area contributed by atoms with Gasteiger partial charge in [-0.1, -0.05) is 12.1 Å². The predicted molar refractivity (Wildman–Crippen MR) is 154 cm³/mol. The molecule has 0 saturated carbocycles. The van der Waals surface area contributed by atoms with Crippen molar-refractivity contribution in [1.29, 1.82) is 0 Å². The van der Waals surface area contributed by atoms with Crippen molar-refractivity contribution in [2.45, 2.75) is 11.9 Å². The summed E-state index contributed by atoms with van der Waals surface area (Å²) in [6.07, 6.45) is 2.52. The molecule has 4 aromatic heterocycles. The van der Waals surface area contributed by atoms with Crippen LogP contribution in [0, 0.1) is 30.3 Å². The number of aryl methyl sites for hydroxylation is 1. The molecular formula is C29H19F4N7O4S. The van der Waals surface area contributed by atoms with E-state index in [9.17, 15) is 30.8 Å². The molecule has 228 valence electrons. The van der Waals surface area contributed by atoms with Gasteiger partial charge in [-0.15, -0.1) is 0 Å². The Labute approximate surface area is 251 Å². The number of hydrogen-bond donors (Lipinski definition) is 3. The summed E-state index contributed by atoms with van der Waals surface area (Å²) in [5.41, 5.74) is 6.82. The van der Waals surface area contributed by atoms with Gasteiger partial charge in [0.2, 0.25) is 23.4 Å². The molecule has 0 unspecified atom stereocenters. The topological polar surface area (TPSA) is 158 Å². The largest absolute Gasteiger partial charge is 0.433 e. The van der Waals surface area contributed by atoms with E-state index in [0.717, 1.165) is 42.5 Å². The van der Waals surface area contributed by atoms with Crippen LogP contribution in [0.5, 0.6) is 11.6 Å². The van der Waals surface area contributed by atoms with Crippen molar-refractivity contribution in [2.24, 2.45) is 0 Å². The van der Waals surface area contributed by atoms with Crippen molar-refractivity contribution in [3.63, 3.8) is 0 Å². The van der Waals surface area contributed by atoms with Crippen molar-refractivity contribution in [2.75, 3.05) is 10.5 Å². The Balaban J connectivity index is 1.26. The number of anilines is 2. The third-order valence-corrected chi connectivity index (χ3v) is 7.89. The zero-order chi connectivity index (χ0) is 32.0. The number of aromatic nitrogens is 5. The standard InChI is InChI=1S/C29H19F4N7O4S/c1-14-8-25(44-28-17(30)4-2-5-18(28)31)35-13-23(14)40-29(34)16(12-36-40)27(41)22-10-15-9-19(32)21(11-20(15)37-22)39-45(42,43)26-7-3-6-24(33)38-26/h2-13,37,39H,34H2,1H3. The van der Waals surface area contributed by atoms with Gasteiger partial charge in [-0.25, -0.2) is 27.8 Å². The number of pyridine rings is 2. The van der Waals surface area contributed by atoms with Crippen LogP contribution in [-0.4, -0.2) is 38.9 Å². The molecule has 0 fully saturated rings. The van der Waals surface area contributed by atoms with Crippen molar-refractivity contribution in [3.8, 4) is 17.3 Å². The molecule has 6 aromatic rings. The Morgan fingerprint density at radius 2 is 1.71 bits per heavy atom. The van der Waals surface area contributed by atoms with Crippen LogP contribution in [0.15, 0.2) is 78.1 Å². The fourth-order valence-corrected chi connectivity index (χ4v) is 5.46. The maximum absolute atomic E-state index is 14.9. The summed E-state index contributed by atoms with van der Waals surface area (Å²) in [6, 6.07) is 11.3. The molecule has 0 aliphatic rings. The second kappa shape index (κ2) is 11.1. The molecule has 2 aromatic carbocycles. The molecule has 0 aliphatic carbocycles. The molecule has 0 aliphatic heterocycles. The number of carbonyl (C=O) groups excluding carboxylic acids is 1. The summed E-state index contributed by atoms with van der Waals surface area (Å²) < 4.78 is 90.0. The number of hydrogen-bond acceptors (Lipinski definition) is 8. The molecule has 0 bridgehead atoms. The SMILES string of the molecule is Cc1cc(Oc2c(F)cccc2F)ncc1-n1ncc(C(=O)c2cc3cc(F)c(NS(=O)(=O)c4cccc(F)n4)cc3[nH]2)c1N. The number of aromatic amines is 1. The molecular weight excluding hydrogens is 618 g/mol. The van der Waals surface area contributed by atoms with Crippen LogP contribution in [0.2, 0.25) is 0 Å². The maximum atomic E-state index is 14.9. The number of nitrogens with zero attached hydrogens (tertiary/aromatic N) is 4. The molecule has 0 amide bonds. The minimum absolute atomic E-state index is 0.00652. The third kappa shape index (κ3) is 5.53. The van der Waals surface area contributed by atoms with E-state index in [1.165, 1.54) is 35.3 Å². The average Bonchev–Trinajstić information content (AvgIpc) is 3.58. The number of H-pyrrole nitrogens is 1. The maximum Gasteiger partial charge on any atom is 0.279 e. The number of nitrogen functional groups attached to an aromatic ring is 1. The van der Waals surface area contributed by atoms with E-state index in [0.29, 0.717) is 11.3 Å². The van der Waals surface area contributed by atoms with Gasteiger partial charge in [0, 0.05) is 17.0 Å². The number of nitrogens with two attached hydrogens (primary N) is 1. The van der Waals surface area contributed by atoms with E-state index in [2.05, 4.69) is 20.1 Å². The van der Waals surface area contributed by atoms with Gasteiger partial charge in [-0.3, -0.25) is 9.52 Å². The van der Waals surface area contributed by atoms with Crippen LogP contribution < -0.4 is 15.2 Å². The summed E-state index contributed by atoms with van der Waals surface area (Å²) in [5, 5.41) is 3.78. The van der Waals surface area contributed by atoms with E-state index in [-0.39, 0.29) is 33.9 Å². The van der Waals surface area contributed by atoms with Crippen LogP contribution >= 0.6 is 0 Å². The lowest BCUT2D eigenvalue weighted by Crippen LogP contribution is -2.15. The molecule has 0 radical (unpaired) electrons. The summed E-state index contributed by atoms with van der Waals surface area (Å²) in [4.78, 5) is 23.6. The normalized spacial score (nSPS) is 11.6. The first-order valence-corrected chi connectivity index (χ1v) is 14.3. The minimum atomic E-state index is -4.43. The summed E-state index contributed by atoms with van der Waals surface area (Å²) in [5.74, 6) is -5.19. The first-order chi connectivity index (χ1) is 21.4. The van der Waals surface area contributed by atoms with E-state index in [1.54, 1.807) is 6.92 Å². The molecule has 4 N–H and O–H groups in total. The Morgan fingerprint density at radius 3 is 2.42 bits per heavy atom. The number of carbonyl (C=O) groups is 1. The number of rotatable bonds is 8. The lowest BCUT2D eigenvalue weighted by molar-refractivity contribution is 0.103. The quantitative estimate of drug-likeness (QED) is 0.114. The molecule has 11 nitrogen and oxygen atoms in total. The van der Waals surface area contributed by atoms with Gasteiger partial charge >= 0.3 is 0 Å². The van der Waals surface area contributed by atoms with Gasteiger partial charge in [0.15, 0.2) is 16.7 Å². The number of sulfonamides is 1. The first kappa shape index (κ1) is 29.3. The number of nitrogens with one attached hydrogen (secondary N) is 2.